The number of aromatic nitrogens is 1. The van der Waals surface area contributed by atoms with Gasteiger partial charge in [-0.3, -0.25) is 9.59 Å². The van der Waals surface area contributed by atoms with Crippen LogP contribution in [0.15, 0.2) is 64.8 Å². The second-order valence-electron chi connectivity index (χ2n) is 6.96. The van der Waals surface area contributed by atoms with Crippen LogP contribution in [-0.2, 0) is 11.3 Å². The number of benzene rings is 2. The predicted octanol–water partition coefficient (Wildman–Crippen LogP) is 4.97. The van der Waals surface area contributed by atoms with E-state index in [1.54, 1.807) is 16.7 Å². The number of nitrogens with zero attached hydrogens (tertiary/aromatic N) is 3. The molecular weight excluding hydrogens is 380 g/mol. The normalized spacial score (nSPS) is 11.2. The fourth-order valence-corrected chi connectivity index (χ4v) is 3.32. The minimum Gasteiger partial charge on any atom is -0.493 e. The molecule has 156 valence electrons. The molecule has 0 saturated carbocycles. The molecule has 2 aromatic carbocycles. The lowest BCUT2D eigenvalue weighted by Gasteiger charge is -2.04. The summed E-state index contributed by atoms with van der Waals surface area (Å²) >= 11 is 0. The van der Waals surface area contributed by atoms with Crippen molar-refractivity contribution in [3.8, 4) is 5.88 Å². The van der Waals surface area contributed by atoms with E-state index in [2.05, 4.69) is 15.5 Å². The maximum atomic E-state index is 12.0. The first kappa shape index (κ1) is 21.2. The Bertz CT molecular complexity index is 1040. The van der Waals surface area contributed by atoms with E-state index in [-0.39, 0.29) is 24.1 Å². The summed E-state index contributed by atoms with van der Waals surface area (Å²) in [5.41, 5.74) is 1.82. The quantitative estimate of drug-likeness (QED) is 0.388. The highest BCUT2D eigenvalue weighted by Crippen LogP contribution is 2.38. The SMILES string of the molecule is CCn1c(O)c(N=NC(=O)CCCCCNC(=O)c2ccccc2)c2ccccc21. The number of fused-ring (bicyclic) bond motifs is 1. The van der Waals surface area contributed by atoms with Gasteiger partial charge in [0.2, 0.25) is 5.88 Å². The lowest BCUT2D eigenvalue weighted by Crippen LogP contribution is -2.24. The maximum Gasteiger partial charge on any atom is 0.264 e. The molecule has 0 bridgehead atoms. The summed E-state index contributed by atoms with van der Waals surface area (Å²) in [6.07, 6.45) is 2.54. The van der Waals surface area contributed by atoms with Crippen molar-refractivity contribution in [3.05, 3.63) is 60.2 Å². The van der Waals surface area contributed by atoms with Crippen LogP contribution in [0.25, 0.3) is 10.9 Å². The van der Waals surface area contributed by atoms with Crippen LogP contribution in [0.1, 0.15) is 43.0 Å². The van der Waals surface area contributed by atoms with Gasteiger partial charge in [0.05, 0.1) is 5.52 Å². The zero-order valence-corrected chi connectivity index (χ0v) is 17.0. The molecule has 0 unspecified atom stereocenters. The molecule has 3 rings (SSSR count). The fourth-order valence-electron chi connectivity index (χ4n) is 3.32. The Hall–Kier alpha value is -3.48. The molecule has 0 aliphatic heterocycles. The zero-order valence-electron chi connectivity index (χ0n) is 17.0. The number of amides is 2. The van der Waals surface area contributed by atoms with Crippen LogP contribution in [0.5, 0.6) is 5.88 Å². The average molecular weight is 406 g/mol. The van der Waals surface area contributed by atoms with Crippen LogP contribution in [0.2, 0.25) is 0 Å². The minimum atomic E-state index is -0.323. The number of unbranched alkanes of at least 4 members (excludes halogenated alkanes) is 2. The third kappa shape index (κ3) is 5.11. The number of nitrogens with one attached hydrogen (secondary N) is 1. The highest BCUT2D eigenvalue weighted by atomic mass is 16.3. The van der Waals surface area contributed by atoms with E-state index in [1.165, 1.54) is 0 Å². The van der Waals surface area contributed by atoms with Crippen LogP contribution in [-0.4, -0.2) is 28.0 Å². The summed E-state index contributed by atoms with van der Waals surface area (Å²) in [5, 5.41) is 21.8. The Balaban J connectivity index is 1.43. The smallest absolute Gasteiger partial charge is 0.264 e. The van der Waals surface area contributed by atoms with E-state index in [9.17, 15) is 14.7 Å². The number of aromatic hydroxyl groups is 1. The second-order valence-corrected chi connectivity index (χ2v) is 6.96. The fraction of sp³-hybridized carbons (Fsp3) is 0.304. The highest BCUT2D eigenvalue weighted by molar-refractivity contribution is 5.95. The second kappa shape index (κ2) is 10.3. The Morgan fingerprint density at radius 2 is 1.73 bits per heavy atom. The van der Waals surface area contributed by atoms with Gasteiger partial charge in [0.1, 0.15) is 0 Å². The molecule has 1 heterocycles. The molecule has 0 aliphatic rings. The van der Waals surface area contributed by atoms with Crippen molar-refractivity contribution < 1.29 is 14.7 Å². The Kier molecular flexibility index (Phi) is 7.32. The van der Waals surface area contributed by atoms with Gasteiger partial charge in [-0.2, -0.15) is 0 Å². The third-order valence-electron chi connectivity index (χ3n) is 4.88. The summed E-state index contributed by atoms with van der Waals surface area (Å²) in [5.74, 6) is -0.396. The van der Waals surface area contributed by atoms with Crippen LogP contribution in [0.4, 0.5) is 5.69 Å². The van der Waals surface area contributed by atoms with Gasteiger partial charge < -0.3 is 15.0 Å². The van der Waals surface area contributed by atoms with Crippen molar-refractivity contribution >= 4 is 28.4 Å². The van der Waals surface area contributed by atoms with Crippen molar-refractivity contribution in [1.82, 2.24) is 9.88 Å². The topological polar surface area (TPSA) is 96.0 Å². The lowest BCUT2D eigenvalue weighted by molar-refractivity contribution is -0.118. The van der Waals surface area contributed by atoms with Gasteiger partial charge in [-0.15, -0.1) is 10.2 Å². The number of para-hydroxylation sites is 1. The van der Waals surface area contributed by atoms with E-state index in [1.807, 2.05) is 49.4 Å². The number of azo groups is 1. The van der Waals surface area contributed by atoms with Crippen molar-refractivity contribution in [2.45, 2.75) is 39.2 Å². The number of carbonyl (C=O) groups is 2. The number of hydrogen-bond acceptors (Lipinski definition) is 4. The first-order valence-corrected chi connectivity index (χ1v) is 10.2. The van der Waals surface area contributed by atoms with Crippen molar-refractivity contribution in [2.75, 3.05) is 6.54 Å². The Labute approximate surface area is 175 Å². The van der Waals surface area contributed by atoms with Crippen LogP contribution in [0, 0.1) is 0 Å². The molecule has 0 fully saturated rings. The number of rotatable bonds is 9. The highest BCUT2D eigenvalue weighted by Gasteiger charge is 2.15. The summed E-state index contributed by atoms with van der Waals surface area (Å²) < 4.78 is 1.73. The van der Waals surface area contributed by atoms with E-state index in [0.717, 1.165) is 23.7 Å². The van der Waals surface area contributed by atoms with Gasteiger partial charge in [0.15, 0.2) is 5.69 Å². The molecule has 0 aliphatic carbocycles. The molecule has 0 spiro atoms. The summed E-state index contributed by atoms with van der Waals surface area (Å²) in [7, 11) is 0. The first-order chi connectivity index (χ1) is 14.6. The van der Waals surface area contributed by atoms with E-state index in [4.69, 9.17) is 0 Å². The molecular formula is C23H26N4O3. The number of carbonyl (C=O) groups excluding carboxylic acids is 2. The van der Waals surface area contributed by atoms with Gasteiger partial charge in [0.25, 0.3) is 11.8 Å². The molecule has 3 aromatic rings. The van der Waals surface area contributed by atoms with E-state index < -0.39 is 0 Å². The van der Waals surface area contributed by atoms with E-state index in [0.29, 0.717) is 30.8 Å². The molecule has 0 saturated heterocycles. The van der Waals surface area contributed by atoms with Gasteiger partial charge >= 0.3 is 0 Å². The molecule has 0 atom stereocenters. The predicted molar refractivity (Wildman–Crippen MR) is 116 cm³/mol. The third-order valence-corrected chi connectivity index (χ3v) is 4.88. The number of hydrogen-bond donors (Lipinski definition) is 2. The molecule has 7 nitrogen and oxygen atoms in total. The lowest BCUT2D eigenvalue weighted by atomic mass is 10.2. The van der Waals surface area contributed by atoms with E-state index >= 15 is 0 Å². The molecule has 0 radical (unpaired) electrons. The summed E-state index contributed by atoms with van der Waals surface area (Å²) in [6.45, 7) is 3.09. The molecule has 1 aromatic heterocycles. The summed E-state index contributed by atoms with van der Waals surface area (Å²) in [6, 6.07) is 16.6. The zero-order chi connectivity index (χ0) is 21.3. The van der Waals surface area contributed by atoms with Crippen LogP contribution >= 0.6 is 0 Å². The molecule has 2 amide bonds. The minimum absolute atomic E-state index is 0.0180. The van der Waals surface area contributed by atoms with Crippen molar-refractivity contribution in [3.63, 3.8) is 0 Å². The first-order valence-electron chi connectivity index (χ1n) is 10.2. The van der Waals surface area contributed by atoms with Gasteiger partial charge in [0, 0.05) is 30.5 Å². The monoisotopic (exact) mass is 406 g/mol. The van der Waals surface area contributed by atoms with Gasteiger partial charge in [-0.05, 0) is 38.0 Å². The van der Waals surface area contributed by atoms with Crippen LogP contribution in [0.3, 0.4) is 0 Å². The Morgan fingerprint density at radius 1 is 1.00 bits per heavy atom. The number of aryl methyl sites for hydroxylation is 1. The van der Waals surface area contributed by atoms with Crippen molar-refractivity contribution in [1.29, 1.82) is 0 Å². The standard InChI is InChI=1S/C23H26N4O3/c1-2-27-19-14-9-8-13-18(19)21(23(27)30)26-25-20(28)15-7-4-10-16-24-22(29)17-11-5-3-6-12-17/h3,5-6,8-9,11-14,30H,2,4,7,10,15-16H2,1H3,(H,24,29). The van der Waals surface area contributed by atoms with Crippen LogP contribution < -0.4 is 5.32 Å². The maximum absolute atomic E-state index is 12.0. The molecule has 30 heavy (non-hydrogen) atoms. The van der Waals surface area contributed by atoms with Crippen molar-refractivity contribution in [2.24, 2.45) is 10.2 Å². The Morgan fingerprint density at radius 3 is 2.50 bits per heavy atom. The largest absolute Gasteiger partial charge is 0.493 e. The molecule has 2 N–H and O–H groups in total. The average Bonchev–Trinajstić information content (AvgIpc) is 3.05. The summed E-state index contributed by atoms with van der Waals surface area (Å²) in [4.78, 5) is 24.0. The van der Waals surface area contributed by atoms with Gasteiger partial charge in [-0.25, -0.2) is 0 Å². The van der Waals surface area contributed by atoms with Gasteiger partial charge in [-0.1, -0.05) is 42.8 Å². The molecule has 7 heteroatoms.